The van der Waals surface area contributed by atoms with Gasteiger partial charge in [-0.05, 0) is 69.6 Å². The van der Waals surface area contributed by atoms with Crippen LogP contribution in [0.2, 0.25) is 0 Å². The number of methoxy groups -OCH3 is 2. The van der Waals surface area contributed by atoms with Gasteiger partial charge in [0, 0.05) is 35.2 Å². The smallest absolute Gasteiger partial charge is 0.497 e. The summed E-state index contributed by atoms with van der Waals surface area (Å²) in [6, 6.07) is 9.44. The van der Waals surface area contributed by atoms with E-state index in [9.17, 15) is 33.6 Å². The Kier molecular flexibility index (Phi) is 16.6. The van der Waals surface area contributed by atoms with Crippen molar-refractivity contribution >= 4 is 27.2 Å². The molecule has 55 heavy (non-hydrogen) atoms. The SMILES string of the molecule is CCOP(=O)(OCC)Oc1ccc([N+](=O)[O-])cc1.COC(=O)[C@H](C)NP(=O)(OC[C@H]1O[C@@H](n2cc(C)c(=O)[nH]c2=O)C[C@@H]1N=[N+]=[N-])Oc1ccc(OC)cc1. The zero-order valence-electron chi connectivity index (χ0n) is 30.6. The maximum Gasteiger partial charge on any atom is 0.530 e. The van der Waals surface area contributed by atoms with E-state index in [-0.39, 0.29) is 42.4 Å². The maximum absolute atomic E-state index is 13.6. The lowest BCUT2D eigenvalue weighted by atomic mass is 10.1. The largest absolute Gasteiger partial charge is 0.530 e. The summed E-state index contributed by atoms with van der Waals surface area (Å²) >= 11 is 0. The molecule has 1 aromatic heterocycles. The number of non-ortho nitro benzene ring substituents is 1. The number of phosphoric acid groups is 1. The fourth-order valence-corrected chi connectivity index (χ4v) is 7.39. The number of ether oxygens (including phenoxy) is 3. The summed E-state index contributed by atoms with van der Waals surface area (Å²) in [5.41, 5.74) is 7.96. The molecule has 22 nitrogen and oxygen atoms in total. The Labute approximate surface area is 313 Å². The first-order valence-electron chi connectivity index (χ1n) is 16.4. The fraction of sp³-hybridized carbons (Fsp3) is 0.452. The molecule has 1 saturated heterocycles. The normalized spacial score (nSPS) is 18.0. The number of esters is 1. The van der Waals surface area contributed by atoms with Crippen LogP contribution >= 0.6 is 15.6 Å². The Hall–Kier alpha value is -5.04. The minimum atomic E-state index is -4.22. The highest BCUT2D eigenvalue weighted by Crippen LogP contribution is 2.49. The zero-order chi connectivity index (χ0) is 40.8. The first-order chi connectivity index (χ1) is 26.1. The van der Waals surface area contributed by atoms with Gasteiger partial charge in [0.25, 0.3) is 11.2 Å². The van der Waals surface area contributed by atoms with Crippen LogP contribution in [-0.4, -0.2) is 72.7 Å². The van der Waals surface area contributed by atoms with Crippen molar-refractivity contribution in [1.82, 2.24) is 14.6 Å². The van der Waals surface area contributed by atoms with Crippen LogP contribution in [0, 0.1) is 17.0 Å². The van der Waals surface area contributed by atoms with Crippen molar-refractivity contribution in [2.45, 2.75) is 58.5 Å². The van der Waals surface area contributed by atoms with Gasteiger partial charge < -0.3 is 23.3 Å². The van der Waals surface area contributed by atoms with Gasteiger partial charge in [0.1, 0.15) is 29.5 Å². The highest BCUT2D eigenvalue weighted by Gasteiger charge is 2.40. The van der Waals surface area contributed by atoms with Crippen molar-refractivity contribution in [3.8, 4) is 17.2 Å². The molecule has 3 aromatic rings. The monoisotopic (exact) mass is 813 g/mol. The highest BCUT2D eigenvalue weighted by atomic mass is 31.2. The lowest BCUT2D eigenvalue weighted by Crippen LogP contribution is -2.36. The zero-order valence-corrected chi connectivity index (χ0v) is 32.4. The highest BCUT2D eigenvalue weighted by molar-refractivity contribution is 7.52. The van der Waals surface area contributed by atoms with Crippen molar-refractivity contribution in [3.05, 3.63) is 102 Å². The van der Waals surface area contributed by atoms with Crippen LogP contribution in [0.4, 0.5) is 5.69 Å². The number of carbonyl (C=O) groups excluding carboxylic acids is 1. The van der Waals surface area contributed by atoms with E-state index in [1.807, 2.05) is 0 Å². The lowest BCUT2D eigenvalue weighted by Gasteiger charge is -2.24. The Morgan fingerprint density at radius 1 is 1.05 bits per heavy atom. The molecule has 1 aliphatic heterocycles. The second-order valence-electron chi connectivity index (χ2n) is 11.2. The molecule has 0 radical (unpaired) electrons. The number of carbonyl (C=O) groups is 1. The average Bonchev–Trinajstić information content (AvgIpc) is 3.55. The molecule has 2 heterocycles. The van der Waals surface area contributed by atoms with Crippen LogP contribution in [-0.2, 0) is 37.0 Å². The van der Waals surface area contributed by atoms with E-state index < -0.39 is 68.7 Å². The predicted molar refractivity (Wildman–Crippen MR) is 194 cm³/mol. The van der Waals surface area contributed by atoms with E-state index in [4.69, 9.17) is 37.6 Å². The summed E-state index contributed by atoms with van der Waals surface area (Å²) in [6.45, 7) is 6.20. The van der Waals surface area contributed by atoms with Gasteiger partial charge in [-0.15, -0.1) is 0 Å². The molecule has 0 amide bonds. The Morgan fingerprint density at radius 3 is 2.18 bits per heavy atom. The summed E-state index contributed by atoms with van der Waals surface area (Å²) in [5.74, 6) is 0.167. The number of benzene rings is 2. The van der Waals surface area contributed by atoms with Crippen LogP contribution in [0.15, 0.2) is 69.4 Å². The quantitative estimate of drug-likeness (QED) is 0.0312. The lowest BCUT2D eigenvalue weighted by molar-refractivity contribution is -0.384. The predicted octanol–water partition coefficient (Wildman–Crippen LogP) is 5.33. The number of phosphoric ester groups is 1. The van der Waals surface area contributed by atoms with Crippen LogP contribution in [0.1, 0.15) is 39.0 Å². The fourth-order valence-electron chi connectivity index (χ4n) is 4.69. The molecule has 4 rings (SSSR count). The van der Waals surface area contributed by atoms with Gasteiger partial charge in [0.2, 0.25) is 0 Å². The van der Waals surface area contributed by atoms with Gasteiger partial charge in [0.15, 0.2) is 0 Å². The molecular formula is C31H41N7O15P2. The molecule has 1 fully saturated rings. The molecule has 1 unspecified atom stereocenters. The number of nitro benzene ring substituents is 1. The molecule has 2 N–H and O–H groups in total. The van der Waals surface area contributed by atoms with Crippen molar-refractivity contribution < 1.29 is 55.7 Å². The summed E-state index contributed by atoms with van der Waals surface area (Å²) in [5, 5.41) is 16.7. The number of aryl methyl sites for hydroxylation is 1. The number of nitro groups is 1. The molecular weight excluding hydrogens is 772 g/mol. The van der Waals surface area contributed by atoms with Gasteiger partial charge in [0.05, 0.1) is 51.1 Å². The van der Waals surface area contributed by atoms with E-state index in [0.29, 0.717) is 5.75 Å². The van der Waals surface area contributed by atoms with Gasteiger partial charge in [-0.3, -0.25) is 42.8 Å². The summed E-state index contributed by atoms with van der Waals surface area (Å²) < 4.78 is 68.6. The number of rotatable bonds is 18. The molecule has 0 spiro atoms. The number of nitrogens with one attached hydrogen (secondary N) is 2. The minimum Gasteiger partial charge on any atom is -0.497 e. The van der Waals surface area contributed by atoms with E-state index in [1.165, 1.54) is 75.2 Å². The molecule has 0 bridgehead atoms. The summed E-state index contributed by atoms with van der Waals surface area (Å²) in [4.78, 5) is 50.9. The molecule has 5 atom stereocenters. The van der Waals surface area contributed by atoms with Gasteiger partial charge in [-0.2, -0.15) is 5.09 Å². The second-order valence-corrected chi connectivity index (χ2v) is 14.5. The molecule has 1 aliphatic rings. The Bertz CT molecular complexity index is 2010. The Balaban J connectivity index is 0.000000378. The third-order valence-electron chi connectivity index (χ3n) is 7.30. The topological polar surface area (TPSA) is 284 Å². The van der Waals surface area contributed by atoms with Crippen molar-refractivity contribution in [1.29, 1.82) is 0 Å². The molecule has 300 valence electrons. The van der Waals surface area contributed by atoms with Crippen molar-refractivity contribution in [3.63, 3.8) is 0 Å². The Morgan fingerprint density at radius 2 is 1.64 bits per heavy atom. The summed E-state index contributed by atoms with van der Waals surface area (Å²) in [7, 11) is -5.21. The van der Waals surface area contributed by atoms with Crippen molar-refractivity contribution in [2.75, 3.05) is 34.0 Å². The molecule has 0 aliphatic carbocycles. The van der Waals surface area contributed by atoms with Gasteiger partial charge in [-0.1, -0.05) is 5.11 Å². The first-order valence-corrected chi connectivity index (χ1v) is 19.4. The third-order valence-corrected chi connectivity index (χ3v) is 10.5. The number of azide groups is 1. The number of aromatic amines is 1. The standard InChI is InChI=1S/C21H27N6O9P.C10H14NO6P/c1-12-10-27(21(30)23-19(12)28)18-9-16(24-26-22)17(35-18)11-34-37(31,25-13(2)20(29)33-4)36-15-7-5-14(32-3)6-8-15;1-3-15-18(14,16-4-2)17-10-7-5-9(6-8-10)11(12)13/h5-8,10,13,16-18H,9,11H2,1-4H3,(H,25,31)(H,23,28,30);5-8H,3-4H2,1-2H3/t13-,16-,17+,18+,37?;/m0./s1. The molecule has 24 heteroatoms. The summed E-state index contributed by atoms with van der Waals surface area (Å²) in [6.07, 6.45) is -0.419. The molecule has 0 saturated carbocycles. The van der Waals surface area contributed by atoms with Crippen LogP contribution in [0.3, 0.4) is 0 Å². The van der Waals surface area contributed by atoms with E-state index >= 15 is 0 Å². The van der Waals surface area contributed by atoms with E-state index in [0.717, 1.165) is 0 Å². The molecule has 2 aromatic carbocycles. The third kappa shape index (κ3) is 13.0. The number of aromatic nitrogens is 2. The number of nitrogens with zero attached hydrogens (tertiary/aromatic N) is 5. The average molecular weight is 814 g/mol. The number of H-pyrrole nitrogens is 1. The minimum absolute atomic E-state index is 0.0787. The van der Waals surface area contributed by atoms with Crippen LogP contribution < -0.4 is 30.1 Å². The number of hydrogen-bond donors (Lipinski definition) is 2. The first kappa shape index (κ1) is 44.4. The second kappa shape index (κ2) is 20.6. The van der Waals surface area contributed by atoms with Crippen LogP contribution in [0.5, 0.6) is 17.2 Å². The van der Waals surface area contributed by atoms with Gasteiger partial charge >= 0.3 is 27.2 Å². The van der Waals surface area contributed by atoms with E-state index in [2.05, 4.69) is 24.8 Å². The number of hydrogen-bond acceptors (Lipinski definition) is 16. The van der Waals surface area contributed by atoms with Gasteiger partial charge in [-0.25, -0.2) is 13.9 Å². The maximum atomic E-state index is 13.6. The van der Waals surface area contributed by atoms with E-state index in [1.54, 1.807) is 26.0 Å². The van der Waals surface area contributed by atoms with Crippen molar-refractivity contribution in [2.24, 2.45) is 5.11 Å². The van der Waals surface area contributed by atoms with Crippen LogP contribution in [0.25, 0.3) is 10.4 Å².